The second-order valence-electron chi connectivity index (χ2n) is 9.52. The number of hydrogen-bond donors (Lipinski definition) is 1. The van der Waals surface area contributed by atoms with Crippen molar-refractivity contribution in [2.75, 3.05) is 0 Å². The summed E-state index contributed by atoms with van der Waals surface area (Å²) in [4.78, 5) is 11.5. The summed E-state index contributed by atoms with van der Waals surface area (Å²) >= 11 is 10.7. The SMILES string of the molecule is CCCCCCc1cccc(OP(O)(=S)c2ccccc2CCCCCC=S)c1CCCCCC. The van der Waals surface area contributed by atoms with Gasteiger partial charge < -0.3 is 9.42 Å². The predicted octanol–water partition coefficient (Wildman–Crippen LogP) is 9.04. The third kappa shape index (κ3) is 10.8. The van der Waals surface area contributed by atoms with E-state index in [0.29, 0.717) is 0 Å². The number of benzene rings is 2. The summed E-state index contributed by atoms with van der Waals surface area (Å²) in [6.45, 7) is 1.31. The third-order valence-corrected chi connectivity index (χ3v) is 9.13. The Bertz CT molecular complexity index is 928. The minimum atomic E-state index is -3.18. The number of thiocarbonyl (C=S) groups is 1. The molecule has 1 unspecified atom stereocenters. The fourth-order valence-electron chi connectivity index (χ4n) is 4.59. The quantitative estimate of drug-likeness (QED) is 0.111. The molecule has 2 rings (SSSR count). The van der Waals surface area contributed by atoms with Gasteiger partial charge in [-0.2, -0.15) is 0 Å². The Morgan fingerprint density at radius 3 is 2.03 bits per heavy atom. The number of unbranched alkanes of at least 4 members (excludes halogenated alkanes) is 9. The molecule has 0 radical (unpaired) electrons. The second-order valence-corrected chi connectivity index (χ2v) is 13.0. The molecule has 35 heavy (non-hydrogen) atoms. The fraction of sp³-hybridized carbons (Fsp3) is 0.567. The van der Waals surface area contributed by atoms with Gasteiger partial charge in [-0.3, -0.25) is 0 Å². The van der Waals surface area contributed by atoms with Crippen molar-refractivity contribution in [2.24, 2.45) is 0 Å². The van der Waals surface area contributed by atoms with E-state index in [0.717, 1.165) is 68.0 Å². The average molecular weight is 533 g/mol. The average Bonchev–Trinajstić information content (AvgIpc) is 2.85. The van der Waals surface area contributed by atoms with Gasteiger partial charge >= 0.3 is 0 Å². The molecular weight excluding hydrogens is 487 g/mol. The molecule has 0 saturated heterocycles. The zero-order valence-electron chi connectivity index (χ0n) is 21.8. The molecule has 2 aromatic rings. The first-order valence-corrected chi connectivity index (χ1v) is 16.8. The molecule has 0 bridgehead atoms. The minimum absolute atomic E-state index is 0.788. The van der Waals surface area contributed by atoms with E-state index in [9.17, 15) is 4.89 Å². The molecule has 0 heterocycles. The summed E-state index contributed by atoms with van der Waals surface area (Å²) in [6, 6.07) is 14.4. The van der Waals surface area contributed by atoms with Crippen molar-refractivity contribution in [1.82, 2.24) is 0 Å². The Kier molecular flexibility index (Phi) is 15.0. The van der Waals surface area contributed by atoms with Crippen LogP contribution in [-0.2, 0) is 31.1 Å². The topological polar surface area (TPSA) is 29.5 Å². The lowest BCUT2D eigenvalue weighted by molar-refractivity contribution is 0.489. The van der Waals surface area contributed by atoms with Crippen molar-refractivity contribution in [3.05, 3.63) is 59.2 Å². The lowest BCUT2D eigenvalue weighted by Crippen LogP contribution is -2.15. The molecule has 1 N–H and O–H groups in total. The minimum Gasteiger partial charge on any atom is -0.440 e. The van der Waals surface area contributed by atoms with Gasteiger partial charge in [-0.15, -0.1) is 0 Å². The van der Waals surface area contributed by atoms with E-state index in [1.54, 1.807) is 0 Å². The van der Waals surface area contributed by atoms with Crippen LogP contribution in [0.15, 0.2) is 42.5 Å². The molecule has 5 heteroatoms. The summed E-state index contributed by atoms with van der Waals surface area (Å²) in [6.07, 6.45) is 17.0. The highest BCUT2D eigenvalue weighted by Gasteiger charge is 2.24. The number of hydrogen-bond acceptors (Lipinski definition) is 3. The van der Waals surface area contributed by atoms with Gasteiger partial charge in [0.2, 0.25) is 0 Å². The largest absolute Gasteiger partial charge is 0.440 e. The molecule has 0 amide bonds. The van der Waals surface area contributed by atoms with Crippen molar-refractivity contribution in [1.29, 1.82) is 0 Å². The Hall–Kier alpha value is -1.06. The van der Waals surface area contributed by atoms with E-state index >= 15 is 0 Å². The summed E-state index contributed by atoms with van der Waals surface area (Å²) in [5.41, 5.74) is 3.72. The maximum absolute atomic E-state index is 11.5. The highest BCUT2D eigenvalue weighted by molar-refractivity contribution is 8.13. The lowest BCUT2D eigenvalue weighted by Gasteiger charge is -2.23. The van der Waals surface area contributed by atoms with Crippen LogP contribution in [0.5, 0.6) is 5.75 Å². The fourth-order valence-corrected chi connectivity index (χ4v) is 6.89. The molecule has 2 aromatic carbocycles. The van der Waals surface area contributed by atoms with Gasteiger partial charge in [0.15, 0.2) is 0 Å². The monoisotopic (exact) mass is 532 g/mol. The van der Waals surface area contributed by atoms with Crippen molar-refractivity contribution in [3.8, 4) is 5.75 Å². The maximum atomic E-state index is 11.5. The molecule has 0 aliphatic heterocycles. The molecule has 0 aliphatic carbocycles. The molecule has 2 nitrogen and oxygen atoms in total. The first kappa shape index (κ1) is 30.2. The van der Waals surface area contributed by atoms with Crippen LogP contribution in [0.4, 0.5) is 0 Å². The van der Waals surface area contributed by atoms with E-state index in [-0.39, 0.29) is 0 Å². The molecule has 1 atom stereocenters. The van der Waals surface area contributed by atoms with Crippen molar-refractivity contribution >= 4 is 41.2 Å². The van der Waals surface area contributed by atoms with E-state index in [1.807, 2.05) is 29.6 Å². The van der Waals surface area contributed by atoms with Gasteiger partial charge in [-0.05, 0) is 97.4 Å². The zero-order chi connectivity index (χ0) is 25.4. The van der Waals surface area contributed by atoms with E-state index in [1.165, 1.54) is 56.1 Å². The Morgan fingerprint density at radius 2 is 1.34 bits per heavy atom. The van der Waals surface area contributed by atoms with Crippen LogP contribution in [0.2, 0.25) is 0 Å². The van der Waals surface area contributed by atoms with Gasteiger partial charge in [0, 0.05) is 0 Å². The van der Waals surface area contributed by atoms with E-state index in [4.69, 9.17) is 28.5 Å². The van der Waals surface area contributed by atoms with Gasteiger partial charge in [-0.25, -0.2) is 0 Å². The first-order valence-electron chi connectivity index (χ1n) is 13.7. The summed E-state index contributed by atoms with van der Waals surface area (Å²) in [5, 5.41) is 2.61. The van der Waals surface area contributed by atoms with Crippen LogP contribution in [0.1, 0.15) is 108 Å². The summed E-state index contributed by atoms with van der Waals surface area (Å²) in [7, 11) is 0. The molecular formula is C30H45O2PS2. The molecule has 0 spiro atoms. The second kappa shape index (κ2) is 17.4. The first-order chi connectivity index (χ1) is 17.0. The van der Waals surface area contributed by atoms with Gasteiger partial charge in [0.05, 0.1) is 5.30 Å². The van der Waals surface area contributed by atoms with Crippen molar-refractivity contribution in [3.63, 3.8) is 0 Å². The summed E-state index contributed by atoms with van der Waals surface area (Å²) in [5.74, 6) is 0.788. The van der Waals surface area contributed by atoms with Gasteiger partial charge in [0.25, 0.3) is 6.49 Å². The highest BCUT2D eigenvalue weighted by Crippen LogP contribution is 2.45. The van der Waals surface area contributed by atoms with Gasteiger partial charge in [-0.1, -0.05) is 101 Å². The lowest BCUT2D eigenvalue weighted by atomic mass is 9.96. The van der Waals surface area contributed by atoms with Crippen LogP contribution in [-0.4, -0.2) is 10.3 Å². The third-order valence-electron chi connectivity index (χ3n) is 6.60. The van der Waals surface area contributed by atoms with Crippen LogP contribution in [0, 0.1) is 0 Å². The van der Waals surface area contributed by atoms with Crippen LogP contribution < -0.4 is 9.83 Å². The normalized spacial score (nSPS) is 12.9. The predicted molar refractivity (Wildman–Crippen MR) is 161 cm³/mol. The van der Waals surface area contributed by atoms with Crippen molar-refractivity contribution < 1.29 is 9.42 Å². The molecule has 0 saturated carbocycles. The molecule has 0 fully saturated rings. The standard InChI is InChI=1S/C30H45O2PS2/c1-3-5-7-11-18-26-21-17-23-29(28(26)22-13-8-6-4-2)32-33(31,35)30-24-15-14-20-27(30)19-12-9-10-16-25-34/h14-15,17,20-21,23-25H,3-13,16,18-19,22H2,1-2H3,(H,31,35). The number of rotatable bonds is 19. The Labute approximate surface area is 225 Å². The van der Waals surface area contributed by atoms with E-state index in [2.05, 4.69) is 32.0 Å². The highest BCUT2D eigenvalue weighted by atomic mass is 32.5. The number of aryl methyl sites for hydroxylation is 2. The van der Waals surface area contributed by atoms with Crippen LogP contribution >= 0.6 is 18.7 Å². The molecule has 0 aromatic heterocycles. The maximum Gasteiger partial charge on any atom is 0.266 e. The summed E-state index contributed by atoms with van der Waals surface area (Å²) < 4.78 is 6.39. The Morgan fingerprint density at radius 1 is 0.743 bits per heavy atom. The Balaban J connectivity index is 2.22. The van der Waals surface area contributed by atoms with Gasteiger partial charge in [0.1, 0.15) is 5.75 Å². The van der Waals surface area contributed by atoms with Crippen LogP contribution in [0.3, 0.4) is 0 Å². The van der Waals surface area contributed by atoms with Crippen LogP contribution in [0.25, 0.3) is 0 Å². The smallest absolute Gasteiger partial charge is 0.266 e. The zero-order valence-corrected chi connectivity index (χ0v) is 24.4. The molecule has 194 valence electrons. The van der Waals surface area contributed by atoms with E-state index < -0.39 is 6.49 Å². The van der Waals surface area contributed by atoms with Crippen molar-refractivity contribution in [2.45, 2.75) is 110 Å². The molecule has 0 aliphatic rings.